The number of methoxy groups -OCH3 is 1. The number of benzene rings is 2. The van der Waals surface area contributed by atoms with Crippen LogP contribution in [-0.2, 0) is 16.1 Å². The van der Waals surface area contributed by atoms with Crippen LogP contribution in [0.5, 0.6) is 5.75 Å². The molecule has 2 aromatic rings. The van der Waals surface area contributed by atoms with Gasteiger partial charge in [-0.05, 0) is 36.4 Å². The van der Waals surface area contributed by atoms with Crippen molar-refractivity contribution in [1.29, 1.82) is 0 Å². The van der Waals surface area contributed by atoms with E-state index in [0.717, 1.165) is 10.5 Å². The number of rotatable bonds is 8. The number of ether oxygens (including phenoxy) is 2. The van der Waals surface area contributed by atoms with Gasteiger partial charge < -0.3 is 19.7 Å². The molecule has 2 N–H and O–H groups in total. The number of amides is 1. The summed E-state index contributed by atoms with van der Waals surface area (Å²) in [5.74, 6) is -0.706. The van der Waals surface area contributed by atoms with Gasteiger partial charge in [-0.2, -0.15) is 8.78 Å². The second kappa shape index (κ2) is 9.63. The summed E-state index contributed by atoms with van der Waals surface area (Å²) in [6.45, 7) is -2.19. The van der Waals surface area contributed by atoms with Crippen LogP contribution in [-0.4, -0.2) is 39.2 Å². The molecule has 0 saturated carbocycles. The number of carbonyl (C=O) groups is 2. The van der Waals surface area contributed by atoms with Gasteiger partial charge >= 0.3 is 12.6 Å². The summed E-state index contributed by atoms with van der Waals surface area (Å²) in [5, 5.41) is 2.71. The molecular formula is C19H21F2N2O4+. The first-order valence-corrected chi connectivity index (χ1v) is 8.21. The molecule has 6 nitrogen and oxygen atoms in total. The summed E-state index contributed by atoms with van der Waals surface area (Å²) >= 11 is 0. The number of hydrogen-bond donors (Lipinski definition) is 2. The summed E-state index contributed by atoms with van der Waals surface area (Å²) in [5.41, 5.74) is 1.54. The molecule has 0 heterocycles. The Labute approximate surface area is 155 Å². The van der Waals surface area contributed by atoms with E-state index in [1.807, 2.05) is 7.05 Å². The van der Waals surface area contributed by atoms with E-state index in [0.29, 0.717) is 12.2 Å². The largest absolute Gasteiger partial charge is 0.465 e. The number of carbonyl (C=O) groups excluding carboxylic acids is 2. The Morgan fingerprint density at radius 1 is 1.11 bits per heavy atom. The van der Waals surface area contributed by atoms with Crippen molar-refractivity contribution in [3.63, 3.8) is 0 Å². The minimum absolute atomic E-state index is 0.0866. The van der Waals surface area contributed by atoms with Crippen molar-refractivity contribution in [3.8, 4) is 5.75 Å². The van der Waals surface area contributed by atoms with Gasteiger partial charge in [-0.1, -0.05) is 12.1 Å². The number of nitrogens with one attached hydrogen (secondary N) is 2. The molecule has 0 aliphatic rings. The van der Waals surface area contributed by atoms with Gasteiger partial charge in [0.2, 0.25) is 0 Å². The molecule has 1 unspecified atom stereocenters. The minimum Gasteiger partial charge on any atom is -0.465 e. The smallest absolute Gasteiger partial charge is 0.387 e. The van der Waals surface area contributed by atoms with E-state index in [1.165, 1.54) is 19.2 Å². The third-order valence-corrected chi connectivity index (χ3v) is 3.72. The number of hydrogen-bond acceptors (Lipinski definition) is 4. The third kappa shape index (κ3) is 6.34. The fourth-order valence-electron chi connectivity index (χ4n) is 2.55. The number of likely N-dealkylation sites (N-methyl/N-ethyl adjacent to an activating group) is 1. The molecule has 8 heteroatoms. The SMILES string of the molecule is COC(=O)c1ccccc1NC(=O)C[NH+](C)Cc1ccc(OC(F)F)cc1. The van der Waals surface area contributed by atoms with Gasteiger partial charge in [0.15, 0.2) is 6.54 Å². The average Bonchev–Trinajstić information content (AvgIpc) is 2.62. The zero-order valence-corrected chi connectivity index (χ0v) is 15.0. The lowest BCUT2D eigenvalue weighted by Gasteiger charge is -2.15. The molecule has 0 spiro atoms. The van der Waals surface area contributed by atoms with Crippen molar-refractivity contribution in [2.45, 2.75) is 13.2 Å². The first-order valence-electron chi connectivity index (χ1n) is 8.21. The molecule has 0 aromatic heterocycles. The maximum Gasteiger partial charge on any atom is 0.387 e. The Kier molecular flexibility index (Phi) is 7.25. The molecule has 0 radical (unpaired) electrons. The van der Waals surface area contributed by atoms with Crippen LogP contribution in [0, 0.1) is 0 Å². The average molecular weight is 379 g/mol. The van der Waals surface area contributed by atoms with Crippen LogP contribution < -0.4 is 15.0 Å². The van der Waals surface area contributed by atoms with Crippen molar-refractivity contribution < 1.29 is 32.7 Å². The Morgan fingerprint density at radius 2 is 1.78 bits per heavy atom. The molecule has 0 aliphatic heterocycles. The van der Waals surface area contributed by atoms with Crippen molar-refractivity contribution in [3.05, 3.63) is 59.7 Å². The molecule has 2 aromatic carbocycles. The van der Waals surface area contributed by atoms with Gasteiger partial charge in [-0.25, -0.2) is 4.79 Å². The van der Waals surface area contributed by atoms with E-state index in [-0.39, 0.29) is 23.8 Å². The third-order valence-electron chi connectivity index (χ3n) is 3.72. The highest BCUT2D eigenvalue weighted by Crippen LogP contribution is 2.16. The van der Waals surface area contributed by atoms with Crippen LogP contribution in [0.2, 0.25) is 0 Å². The van der Waals surface area contributed by atoms with Crippen LogP contribution in [0.3, 0.4) is 0 Å². The van der Waals surface area contributed by atoms with E-state index in [1.54, 1.807) is 36.4 Å². The molecular weight excluding hydrogens is 358 g/mol. The van der Waals surface area contributed by atoms with Crippen LogP contribution in [0.25, 0.3) is 0 Å². The Balaban J connectivity index is 1.91. The highest BCUT2D eigenvalue weighted by Gasteiger charge is 2.16. The lowest BCUT2D eigenvalue weighted by atomic mass is 10.1. The number of para-hydroxylation sites is 1. The van der Waals surface area contributed by atoms with Crippen molar-refractivity contribution in [1.82, 2.24) is 0 Å². The first-order chi connectivity index (χ1) is 12.9. The Bertz CT molecular complexity index is 782. The van der Waals surface area contributed by atoms with Gasteiger partial charge in [-0.3, -0.25) is 4.79 Å². The lowest BCUT2D eigenvalue weighted by molar-refractivity contribution is -0.885. The predicted molar refractivity (Wildman–Crippen MR) is 94.9 cm³/mol. The number of anilines is 1. The summed E-state index contributed by atoms with van der Waals surface area (Å²) in [6, 6.07) is 12.9. The van der Waals surface area contributed by atoms with Crippen molar-refractivity contribution in [2.24, 2.45) is 0 Å². The van der Waals surface area contributed by atoms with Gasteiger partial charge in [0.05, 0.1) is 25.4 Å². The summed E-state index contributed by atoms with van der Waals surface area (Å²) in [6.07, 6.45) is 0. The van der Waals surface area contributed by atoms with Gasteiger partial charge in [0.25, 0.3) is 5.91 Å². The lowest BCUT2D eigenvalue weighted by Crippen LogP contribution is -3.08. The zero-order chi connectivity index (χ0) is 19.8. The highest BCUT2D eigenvalue weighted by atomic mass is 19.3. The topological polar surface area (TPSA) is 69.1 Å². The monoisotopic (exact) mass is 379 g/mol. The van der Waals surface area contributed by atoms with Gasteiger partial charge in [0.1, 0.15) is 12.3 Å². The minimum atomic E-state index is -2.86. The highest BCUT2D eigenvalue weighted by molar-refractivity contribution is 6.01. The molecule has 1 atom stereocenters. The van der Waals surface area contributed by atoms with E-state index in [9.17, 15) is 18.4 Å². The molecule has 2 rings (SSSR count). The van der Waals surface area contributed by atoms with Crippen molar-refractivity contribution >= 4 is 17.6 Å². The normalized spacial score (nSPS) is 11.7. The van der Waals surface area contributed by atoms with Crippen LogP contribution in [0.4, 0.5) is 14.5 Å². The maximum atomic E-state index is 12.3. The van der Waals surface area contributed by atoms with E-state index >= 15 is 0 Å². The van der Waals surface area contributed by atoms with Crippen LogP contribution in [0.1, 0.15) is 15.9 Å². The van der Waals surface area contributed by atoms with Crippen LogP contribution in [0.15, 0.2) is 48.5 Å². The summed E-state index contributed by atoms with van der Waals surface area (Å²) in [4.78, 5) is 24.9. The van der Waals surface area contributed by atoms with E-state index in [4.69, 9.17) is 4.74 Å². The molecule has 0 fully saturated rings. The first kappa shape index (κ1) is 20.3. The maximum absolute atomic E-state index is 12.3. The van der Waals surface area contributed by atoms with E-state index in [2.05, 4.69) is 10.1 Å². The van der Waals surface area contributed by atoms with Gasteiger partial charge in [0, 0.05) is 5.56 Å². The number of quaternary nitrogens is 1. The number of halogens is 2. The fourth-order valence-corrected chi connectivity index (χ4v) is 2.55. The Hall–Kier alpha value is -3.00. The molecule has 0 aliphatic carbocycles. The summed E-state index contributed by atoms with van der Waals surface area (Å²) in [7, 11) is 3.10. The van der Waals surface area contributed by atoms with E-state index < -0.39 is 12.6 Å². The number of alkyl halides is 2. The molecule has 0 bridgehead atoms. The quantitative estimate of drug-likeness (QED) is 0.686. The second-order valence-electron chi connectivity index (χ2n) is 5.92. The Morgan fingerprint density at radius 3 is 2.41 bits per heavy atom. The molecule has 27 heavy (non-hydrogen) atoms. The molecule has 0 saturated heterocycles. The standard InChI is InChI=1S/C19H20F2N2O4/c1-23(11-13-7-9-14(10-8-13)27-19(20)21)12-17(24)22-16-6-4-3-5-15(16)18(25)26-2/h3-10,19H,11-12H2,1-2H3,(H,22,24)/p+1. The zero-order valence-electron chi connectivity index (χ0n) is 15.0. The number of esters is 1. The molecule has 1 amide bonds. The summed E-state index contributed by atoms with van der Waals surface area (Å²) < 4.78 is 33.3. The predicted octanol–water partition coefficient (Wildman–Crippen LogP) is 1.73. The van der Waals surface area contributed by atoms with Crippen molar-refractivity contribution in [2.75, 3.05) is 26.0 Å². The second-order valence-corrected chi connectivity index (χ2v) is 5.92. The van der Waals surface area contributed by atoms with Gasteiger partial charge in [-0.15, -0.1) is 0 Å². The molecule has 144 valence electrons. The fraction of sp³-hybridized carbons (Fsp3) is 0.263. The van der Waals surface area contributed by atoms with Crippen LogP contribution >= 0.6 is 0 Å².